The lowest BCUT2D eigenvalue weighted by molar-refractivity contribution is -0.120. The van der Waals surface area contributed by atoms with Crippen LogP contribution in [-0.4, -0.2) is 29.9 Å². The average Bonchev–Trinajstić information content (AvgIpc) is 3.14. The molecule has 1 unspecified atom stereocenters. The molecule has 1 aliphatic carbocycles. The van der Waals surface area contributed by atoms with E-state index in [0.29, 0.717) is 22.4 Å². The molecule has 5 heteroatoms. The molecule has 1 aromatic rings. The van der Waals surface area contributed by atoms with Crippen molar-refractivity contribution in [2.45, 2.75) is 31.8 Å². The third-order valence-electron chi connectivity index (χ3n) is 3.36. The van der Waals surface area contributed by atoms with Crippen molar-refractivity contribution in [2.24, 2.45) is 0 Å². The first-order valence-electron chi connectivity index (χ1n) is 6.07. The average molecular weight is 268 g/mol. The number of hydrogen-bond donors (Lipinski definition) is 2. The van der Waals surface area contributed by atoms with Crippen molar-refractivity contribution in [3.8, 4) is 0 Å². The number of anilines is 2. The van der Waals surface area contributed by atoms with Crippen LogP contribution in [0.1, 0.15) is 19.8 Å². The van der Waals surface area contributed by atoms with Gasteiger partial charge in [-0.3, -0.25) is 9.69 Å². The van der Waals surface area contributed by atoms with Gasteiger partial charge in [0.2, 0.25) is 5.91 Å². The number of nitrogens with zero attached hydrogens (tertiary/aromatic N) is 1. The number of halogens is 1. The molecule has 1 amide bonds. The predicted molar refractivity (Wildman–Crippen MR) is 74.7 cm³/mol. The van der Waals surface area contributed by atoms with Gasteiger partial charge in [0.25, 0.3) is 0 Å². The van der Waals surface area contributed by atoms with E-state index in [9.17, 15) is 4.79 Å². The van der Waals surface area contributed by atoms with Crippen LogP contribution < -0.4 is 11.1 Å². The summed E-state index contributed by atoms with van der Waals surface area (Å²) in [7, 11) is 1.98. The van der Waals surface area contributed by atoms with Gasteiger partial charge in [-0.05, 0) is 45.0 Å². The van der Waals surface area contributed by atoms with Crippen molar-refractivity contribution in [3.05, 3.63) is 23.2 Å². The zero-order valence-electron chi connectivity index (χ0n) is 10.6. The topological polar surface area (TPSA) is 58.4 Å². The van der Waals surface area contributed by atoms with Crippen LogP contribution in [-0.2, 0) is 4.79 Å². The number of amides is 1. The molecule has 0 saturated heterocycles. The predicted octanol–water partition coefficient (Wildman–Crippen LogP) is 2.34. The van der Waals surface area contributed by atoms with Gasteiger partial charge < -0.3 is 11.1 Å². The Morgan fingerprint density at radius 1 is 1.56 bits per heavy atom. The summed E-state index contributed by atoms with van der Waals surface area (Å²) in [5.74, 6) is -0.0453. The highest BCUT2D eigenvalue weighted by Gasteiger charge is 2.32. The number of nitrogens with two attached hydrogens (primary N) is 1. The van der Waals surface area contributed by atoms with Crippen LogP contribution in [0, 0.1) is 0 Å². The third-order valence-corrected chi connectivity index (χ3v) is 3.68. The SMILES string of the molecule is CC(C(=O)Nc1ccc(N)cc1Cl)N(C)C1CC1. The van der Waals surface area contributed by atoms with Crippen LogP contribution in [0.4, 0.5) is 11.4 Å². The molecule has 1 saturated carbocycles. The van der Waals surface area contributed by atoms with Gasteiger partial charge in [0.05, 0.1) is 16.8 Å². The fourth-order valence-electron chi connectivity index (χ4n) is 1.85. The Morgan fingerprint density at radius 3 is 2.78 bits per heavy atom. The molecule has 2 rings (SSSR count). The molecule has 0 bridgehead atoms. The van der Waals surface area contributed by atoms with Crippen LogP contribution in [0.3, 0.4) is 0 Å². The standard InChI is InChI=1S/C13H18ClN3O/c1-8(17(2)10-4-5-10)13(18)16-12-6-3-9(15)7-11(12)14/h3,6-8,10H,4-5,15H2,1-2H3,(H,16,18). The molecule has 1 fully saturated rings. The molecule has 1 aliphatic rings. The number of hydrogen-bond acceptors (Lipinski definition) is 3. The lowest BCUT2D eigenvalue weighted by atomic mass is 10.2. The summed E-state index contributed by atoms with van der Waals surface area (Å²) in [4.78, 5) is 14.2. The Labute approximate surface area is 112 Å². The molecule has 0 aromatic heterocycles. The summed E-state index contributed by atoms with van der Waals surface area (Å²) < 4.78 is 0. The fourth-order valence-corrected chi connectivity index (χ4v) is 2.09. The van der Waals surface area contributed by atoms with Crippen molar-refractivity contribution in [3.63, 3.8) is 0 Å². The Bertz CT molecular complexity index is 460. The highest BCUT2D eigenvalue weighted by Crippen LogP contribution is 2.28. The van der Waals surface area contributed by atoms with E-state index in [4.69, 9.17) is 17.3 Å². The Balaban J connectivity index is 2.01. The molecule has 18 heavy (non-hydrogen) atoms. The van der Waals surface area contributed by atoms with E-state index in [2.05, 4.69) is 10.2 Å². The van der Waals surface area contributed by atoms with Gasteiger partial charge in [-0.2, -0.15) is 0 Å². The van der Waals surface area contributed by atoms with Crippen molar-refractivity contribution in [1.82, 2.24) is 4.90 Å². The Morgan fingerprint density at radius 2 is 2.22 bits per heavy atom. The summed E-state index contributed by atoms with van der Waals surface area (Å²) in [6, 6.07) is 5.46. The molecule has 0 spiro atoms. The van der Waals surface area contributed by atoms with E-state index in [0.717, 1.165) is 0 Å². The first-order chi connectivity index (χ1) is 8.49. The molecule has 3 N–H and O–H groups in total. The van der Waals surface area contributed by atoms with Crippen LogP contribution in [0.15, 0.2) is 18.2 Å². The normalized spacial score (nSPS) is 16.7. The minimum absolute atomic E-state index is 0.0453. The van der Waals surface area contributed by atoms with E-state index < -0.39 is 0 Å². The van der Waals surface area contributed by atoms with Crippen molar-refractivity contribution in [2.75, 3.05) is 18.1 Å². The minimum atomic E-state index is -0.161. The smallest absolute Gasteiger partial charge is 0.241 e. The van der Waals surface area contributed by atoms with Gasteiger partial charge in [-0.1, -0.05) is 11.6 Å². The van der Waals surface area contributed by atoms with Crippen LogP contribution in [0.25, 0.3) is 0 Å². The van der Waals surface area contributed by atoms with Gasteiger partial charge in [-0.15, -0.1) is 0 Å². The van der Waals surface area contributed by atoms with Crippen LogP contribution >= 0.6 is 11.6 Å². The van der Waals surface area contributed by atoms with E-state index in [-0.39, 0.29) is 11.9 Å². The molecule has 4 nitrogen and oxygen atoms in total. The summed E-state index contributed by atoms with van der Waals surface area (Å²) in [5, 5.41) is 3.30. The highest BCUT2D eigenvalue weighted by molar-refractivity contribution is 6.34. The highest BCUT2D eigenvalue weighted by atomic mass is 35.5. The molecular weight excluding hydrogens is 250 g/mol. The molecule has 98 valence electrons. The van der Waals surface area contributed by atoms with Gasteiger partial charge >= 0.3 is 0 Å². The molecule has 1 aromatic carbocycles. The molecule has 0 heterocycles. The van der Waals surface area contributed by atoms with E-state index in [1.807, 2.05) is 14.0 Å². The number of nitrogens with one attached hydrogen (secondary N) is 1. The second kappa shape index (κ2) is 5.16. The van der Waals surface area contributed by atoms with Crippen molar-refractivity contribution in [1.29, 1.82) is 0 Å². The maximum Gasteiger partial charge on any atom is 0.241 e. The van der Waals surface area contributed by atoms with Crippen LogP contribution in [0.2, 0.25) is 5.02 Å². The second-order valence-corrected chi connectivity index (χ2v) is 5.21. The largest absolute Gasteiger partial charge is 0.399 e. The lowest BCUT2D eigenvalue weighted by Gasteiger charge is -2.23. The second-order valence-electron chi connectivity index (χ2n) is 4.80. The maximum absolute atomic E-state index is 12.1. The van der Waals surface area contributed by atoms with Gasteiger partial charge in [0.1, 0.15) is 0 Å². The number of carbonyl (C=O) groups is 1. The molecular formula is C13H18ClN3O. The molecule has 0 aliphatic heterocycles. The Kier molecular flexibility index (Phi) is 3.78. The van der Waals surface area contributed by atoms with Crippen molar-refractivity contribution >= 4 is 28.9 Å². The summed E-state index contributed by atoms with van der Waals surface area (Å²) in [6.07, 6.45) is 2.35. The van der Waals surface area contributed by atoms with Crippen molar-refractivity contribution < 1.29 is 4.79 Å². The van der Waals surface area contributed by atoms with E-state index in [1.54, 1.807) is 18.2 Å². The zero-order chi connectivity index (χ0) is 13.3. The van der Waals surface area contributed by atoms with Gasteiger partial charge in [0, 0.05) is 11.7 Å². The van der Waals surface area contributed by atoms with E-state index >= 15 is 0 Å². The quantitative estimate of drug-likeness (QED) is 0.824. The minimum Gasteiger partial charge on any atom is -0.399 e. The maximum atomic E-state index is 12.1. The van der Waals surface area contributed by atoms with Gasteiger partial charge in [-0.25, -0.2) is 0 Å². The van der Waals surface area contributed by atoms with E-state index in [1.165, 1.54) is 12.8 Å². The monoisotopic (exact) mass is 267 g/mol. The third kappa shape index (κ3) is 2.94. The van der Waals surface area contributed by atoms with Crippen LogP contribution in [0.5, 0.6) is 0 Å². The molecule has 1 atom stereocenters. The number of likely N-dealkylation sites (N-methyl/N-ethyl adjacent to an activating group) is 1. The molecule has 0 radical (unpaired) electrons. The number of nitrogen functional groups attached to an aromatic ring is 1. The number of carbonyl (C=O) groups excluding carboxylic acids is 1. The lowest BCUT2D eigenvalue weighted by Crippen LogP contribution is -2.40. The Hall–Kier alpha value is -1.26. The first kappa shape index (κ1) is 13.2. The summed E-state index contributed by atoms with van der Waals surface area (Å²) >= 11 is 6.02. The number of rotatable bonds is 4. The summed E-state index contributed by atoms with van der Waals surface area (Å²) in [6.45, 7) is 1.90. The zero-order valence-corrected chi connectivity index (χ0v) is 11.4. The fraction of sp³-hybridized carbons (Fsp3) is 0.462. The number of benzene rings is 1. The summed E-state index contributed by atoms with van der Waals surface area (Å²) in [5.41, 5.74) is 6.80. The first-order valence-corrected chi connectivity index (χ1v) is 6.44. The van der Waals surface area contributed by atoms with Gasteiger partial charge in [0.15, 0.2) is 0 Å².